The lowest BCUT2D eigenvalue weighted by Crippen LogP contribution is -2.38. The fraction of sp³-hybridized carbons (Fsp3) is 0.636. The van der Waals surface area contributed by atoms with E-state index in [1.54, 1.807) is 55.4 Å². The largest absolute Gasteiger partial charge is 0.484 e. The van der Waals surface area contributed by atoms with Crippen LogP contribution in [0.5, 0.6) is 0 Å². The second-order valence-corrected chi connectivity index (χ2v) is 12.4. The molecule has 2 unspecified atom stereocenters. The van der Waals surface area contributed by atoms with Crippen molar-refractivity contribution in [3.05, 3.63) is 23.0 Å². The summed E-state index contributed by atoms with van der Waals surface area (Å²) in [4.78, 5) is 105. The van der Waals surface area contributed by atoms with Gasteiger partial charge in [0.2, 0.25) is 46.2 Å². The molecule has 0 aromatic heterocycles. The van der Waals surface area contributed by atoms with Crippen molar-refractivity contribution in [2.24, 2.45) is 23.7 Å². The van der Waals surface area contributed by atoms with Crippen molar-refractivity contribution in [1.29, 1.82) is 0 Å². The maximum Gasteiger partial charge on any atom is 0.213 e. The summed E-state index contributed by atoms with van der Waals surface area (Å²) in [5.74, 6) is -14.3. The molecule has 45 heavy (non-hydrogen) atoms. The average molecular weight is 633 g/mol. The van der Waals surface area contributed by atoms with Gasteiger partial charge in [0.1, 0.15) is 35.0 Å². The maximum absolute atomic E-state index is 13.3. The lowest BCUT2D eigenvalue weighted by atomic mass is 9.79. The summed E-state index contributed by atoms with van der Waals surface area (Å²) < 4.78 is 22.2. The van der Waals surface area contributed by atoms with Crippen LogP contribution in [-0.4, -0.2) is 70.7 Å². The Morgan fingerprint density at radius 3 is 0.889 bits per heavy atom. The van der Waals surface area contributed by atoms with Gasteiger partial charge in [0.05, 0.1) is 36.3 Å². The molecule has 0 amide bonds. The van der Waals surface area contributed by atoms with Crippen molar-refractivity contribution in [2.45, 2.75) is 113 Å². The van der Waals surface area contributed by atoms with Gasteiger partial charge in [-0.1, -0.05) is 0 Å². The van der Waals surface area contributed by atoms with Crippen LogP contribution in [0.3, 0.4) is 0 Å². The number of rotatable bonds is 18. The standard InChI is InChI=1S/C33H44O12/c1-14(2)42-30-26(38)24(27(39)31(30)43-15(3)4)22(18(9)34)20(36)12-11-13-21(37)23(19(10)35)25-28(40)32(44-16(5)6)33(29(25)41)45-17(7)8/h14-17,22-25H,11-13H2,1-10H3. The van der Waals surface area contributed by atoms with Crippen molar-refractivity contribution in [2.75, 3.05) is 0 Å². The highest BCUT2D eigenvalue weighted by Gasteiger charge is 2.53. The Labute approximate surface area is 263 Å². The molecule has 2 atom stereocenters. The van der Waals surface area contributed by atoms with Crippen molar-refractivity contribution >= 4 is 46.3 Å². The predicted molar refractivity (Wildman–Crippen MR) is 158 cm³/mol. The van der Waals surface area contributed by atoms with E-state index in [9.17, 15) is 38.4 Å². The van der Waals surface area contributed by atoms with Crippen LogP contribution < -0.4 is 0 Å². The fourth-order valence-corrected chi connectivity index (χ4v) is 5.29. The van der Waals surface area contributed by atoms with Crippen molar-refractivity contribution in [3.63, 3.8) is 0 Å². The molecule has 12 heteroatoms. The molecule has 0 bridgehead atoms. The van der Waals surface area contributed by atoms with E-state index >= 15 is 0 Å². The molecule has 0 saturated carbocycles. The van der Waals surface area contributed by atoms with Gasteiger partial charge in [0.25, 0.3) is 0 Å². The van der Waals surface area contributed by atoms with Crippen LogP contribution in [0.4, 0.5) is 0 Å². The fourth-order valence-electron chi connectivity index (χ4n) is 5.29. The lowest BCUT2D eigenvalue weighted by Gasteiger charge is -2.20. The van der Waals surface area contributed by atoms with E-state index in [0.717, 1.165) is 13.8 Å². The lowest BCUT2D eigenvalue weighted by molar-refractivity contribution is -0.144. The van der Waals surface area contributed by atoms with Crippen molar-refractivity contribution in [3.8, 4) is 0 Å². The highest BCUT2D eigenvalue weighted by Crippen LogP contribution is 2.36. The van der Waals surface area contributed by atoms with Gasteiger partial charge in [-0.15, -0.1) is 0 Å². The topological polar surface area (TPSA) is 173 Å². The maximum atomic E-state index is 13.3. The van der Waals surface area contributed by atoms with E-state index in [1.165, 1.54) is 0 Å². The number of carbonyl (C=O) groups excluding carboxylic acids is 8. The summed E-state index contributed by atoms with van der Waals surface area (Å²) in [6, 6.07) is 0. The Balaban J connectivity index is 2.24. The minimum Gasteiger partial charge on any atom is -0.484 e. The molecule has 2 rings (SSSR count). The third kappa shape index (κ3) is 8.61. The Morgan fingerprint density at radius 1 is 0.489 bits per heavy atom. The smallest absolute Gasteiger partial charge is 0.213 e. The Hall–Kier alpha value is -3.96. The molecule has 0 N–H and O–H groups in total. The van der Waals surface area contributed by atoms with Crippen LogP contribution in [-0.2, 0) is 57.3 Å². The number of allylic oxidation sites excluding steroid dienone is 4. The third-order valence-electron chi connectivity index (χ3n) is 6.93. The Bertz CT molecular complexity index is 1160. The van der Waals surface area contributed by atoms with Crippen LogP contribution in [0.25, 0.3) is 0 Å². The highest BCUT2D eigenvalue weighted by atomic mass is 16.5. The summed E-state index contributed by atoms with van der Waals surface area (Å²) >= 11 is 0. The van der Waals surface area contributed by atoms with Crippen LogP contribution in [0.2, 0.25) is 0 Å². The first-order valence-corrected chi connectivity index (χ1v) is 15.2. The molecular formula is C33H44O12. The number of hydrogen-bond acceptors (Lipinski definition) is 12. The second kappa shape index (κ2) is 15.4. The molecule has 0 radical (unpaired) electrons. The van der Waals surface area contributed by atoms with E-state index in [0.29, 0.717) is 0 Å². The summed E-state index contributed by atoms with van der Waals surface area (Å²) in [5, 5.41) is 0. The van der Waals surface area contributed by atoms with Gasteiger partial charge < -0.3 is 18.9 Å². The minimum atomic E-state index is -1.67. The van der Waals surface area contributed by atoms with Crippen LogP contribution >= 0.6 is 0 Å². The molecule has 2 aliphatic carbocycles. The monoisotopic (exact) mass is 632 g/mol. The number of ether oxygens (including phenoxy) is 4. The molecular weight excluding hydrogens is 588 g/mol. The van der Waals surface area contributed by atoms with E-state index in [2.05, 4.69) is 0 Å². The molecule has 0 aromatic carbocycles. The predicted octanol–water partition coefficient (Wildman–Crippen LogP) is 3.36. The van der Waals surface area contributed by atoms with Gasteiger partial charge in [-0.3, -0.25) is 38.4 Å². The molecule has 0 spiro atoms. The zero-order valence-electron chi connectivity index (χ0n) is 27.6. The van der Waals surface area contributed by atoms with Gasteiger partial charge >= 0.3 is 0 Å². The average Bonchev–Trinajstić information content (AvgIpc) is 3.23. The summed E-state index contributed by atoms with van der Waals surface area (Å²) in [7, 11) is 0. The normalized spacial score (nSPS) is 17.7. The van der Waals surface area contributed by atoms with Crippen LogP contribution in [0.15, 0.2) is 23.0 Å². The zero-order chi connectivity index (χ0) is 34.5. The van der Waals surface area contributed by atoms with E-state index in [-0.39, 0.29) is 29.5 Å². The summed E-state index contributed by atoms with van der Waals surface area (Å²) in [6.07, 6.45) is -2.96. The Kier molecular flexibility index (Phi) is 12.7. The molecule has 0 fully saturated rings. The van der Waals surface area contributed by atoms with Gasteiger partial charge in [-0.25, -0.2) is 0 Å². The van der Waals surface area contributed by atoms with E-state index in [4.69, 9.17) is 18.9 Å². The highest BCUT2D eigenvalue weighted by molar-refractivity contribution is 6.28. The molecule has 0 heterocycles. The quantitative estimate of drug-likeness (QED) is 0.202. The summed E-state index contributed by atoms with van der Waals surface area (Å²) in [6.45, 7) is 15.3. The van der Waals surface area contributed by atoms with Gasteiger partial charge in [-0.2, -0.15) is 0 Å². The first-order valence-electron chi connectivity index (χ1n) is 15.2. The number of hydrogen-bond donors (Lipinski definition) is 0. The molecule has 2 aliphatic rings. The molecule has 0 aromatic rings. The van der Waals surface area contributed by atoms with Crippen LogP contribution in [0.1, 0.15) is 88.5 Å². The SMILES string of the molecule is CC(=O)C(C(=O)CCCC(=O)C(C(C)=O)C1C(=O)C(OC(C)C)=C(OC(C)C)C1=O)C1C(=O)C(OC(C)C)=C(OC(C)C)C1=O. The van der Waals surface area contributed by atoms with Gasteiger partial charge in [0.15, 0.2) is 0 Å². The van der Waals surface area contributed by atoms with Gasteiger partial charge in [-0.05, 0) is 75.7 Å². The third-order valence-corrected chi connectivity index (χ3v) is 6.93. The van der Waals surface area contributed by atoms with Crippen molar-refractivity contribution < 1.29 is 57.3 Å². The first-order chi connectivity index (χ1) is 20.8. The minimum absolute atomic E-state index is 0.175. The Morgan fingerprint density at radius 2 is 0.711 bits per heavy atom. The number of carbonyl (C=O) groups is 8. The van der Waals surface area contributed by atoms with Crippen molar-refractivity contribution in [1.82, 2.24) is 0 Å². The molecule has 248 valence electrons. The number of Topliss-reactive ketones (excluding diaryl/α,β-unsaturated/α-hetero) is 8. The van der Waals surface area contributed by atoms with E-state index < -0.39 is 107 Å². The molecule has 12 nitrogen and oxygen atoms in total. The van der Waals surface area contributed by atoms with Crippen LogP contribution in [0, 0.1) is 23.7 Å². The molecule has 0 saturated heterocycles. The van der Waals surface area contributed by atoms with E-state index in [1.807, 2.05) is 0 Å². The number of ketones is 8. The van der Waals surface area contributed by atoms with Gasteiger partial charge in [0, 0.05) is 12.8 Å². The zero-order valence-corrected chi connectivity index (χ0v) is 27.6. The molecule has 0 aliphatic heterocycles. The first kappa shape index (κ1) is 37.2. The summed E-state index contributed by atoms with van der Waals surface area (Å²) in [5.41, 5.74) is 0. The second-order valence-electron chi connectivity index (χ2n) is 12.4.